The van der Waals surface area contributed by atoms with Gasteiger partial charge >= 0.3 is 0 Å². The smallest absolute Gasteiger partial charge is 0.0504 e. The van der Waals surface area contributed by atoms with Crippen LogP contribution in [-0.4, -0.2) is 11.9 Å². The van der Waals surface area contributed by atoms with Crippen molar-refractivity contribution in [3.63, 3.8) is 0 Å². The minimum atomic E-state index is -1.59. The molecule has 58 valence electrons. The second kappa shape index (κ2) is 3.20. The van der Waals surface area contributed by atoms with Crippen molar-refractivity contribution in [2.24, 2.45) is 11.8 Å². The summed E-state index contributed by atoms with van der Waals surface area (Å²) in [5, 5.41) is 20.1. The molecule has 0 spiro atoms. The molecule has 4 nitrogen and oxygen atoms in total. The summed E-state index contributed by atoms with van der Waals surface area (Å²) in [4.78, 5) is 20.1. The molecule has 0 aromatic carbocycles. The van der Waals surface area contributed by atoms with Gasteiger partial charge in [-0.2, -0.15) is 0 Å². The molecule has 0 N–H and O–H groups in total. The molecule has 0 atom stereocenters. The van der Waals surface area contributed by atoms with Crippen molar-refractivity contribution in [1.82, 2.24) is 0 Å². The Morgan fingerprint density at radius 1 is 1.10 bits per heavy atom. The first kappa shape index (κ1) is 8.94. The number of carbonyl (C=O) groups is 2. The first-order valence-corrected chi connectivity index (χ1v) is 2.88. The van der Waals surface area contributed by atoms with Gasteiger partial charge in [-0.15, -0.1) is 0 Å². The highest BCUT2D eigenvalue weighted by Crippen LogP contribution is 2.07. The summed E-state index contributed by atoms with van der Waals surface area (Å²) in [5.41, 5.74) is 0. The summed E-state index contributed by atoms with van der Waals surface area (Å²) in [5.74, 6) is -5.17. The molecular weight excluding hydrogens is 136 g/mol. The molecule has 0 aliphatic rings. The largest absolute Gasteiger partial charge is 0.549 e. The zero-order valence-electron chi connectivity index (χ0n) is 5.79. The van der Waals surface area contributed by atoms with E-state index >= 15 is 0 Å². The van der Waals surface area contributed by atoms with E-state index < -0.39 is 23.8 Å². The maximum atomic E-state index is 10.1. The fourth-order valence-electron chi connectivity index (χ4n) is 0.641. The van der Waals surface area contributed by atoms with Crippen molar-refractivity contribution >= 4 is 11.9 Å². The number of hydrogen-bond acceptors (Lipinski definition) is 4. The van der Waals surface area contributed by atoms with E-state index in [0.29, 0.717) is 0 Å². The van der Waals surface area contributed by atoms with Crippen LogP contribution in [0.4, 0.5) is 0 Å². The normalized spacial score (nSPS) is 10.4. The Morgan fingerprint density at radius 2 is 1.40 bits per heavy atom. The molecule has 10 heavy (non-hydrogen) atoms. The molecule has 0 amide bonds. The molecule has 0 radical (unpaired) electrons. The van der Waals surface area contributed by atoms with Crippen molar-refractivity contribution < 1.29 is 19.8 Å². The fourth-order valence-corrected chi connectivity index (χ4v) is 0.641. The van der Waals surface area contributed by atoms with E-state index in [1.54, 1.807) is 0 Å². The zero-order valence-corrected chi connectivity index (χ0v) is 5.79. The van der Waals surface area contributed by atoms with Gasteiger partial charge in [0.2, 0.25) is 0 Å². The predicted molar refractivity (Wildman–Crippen MR) is 28.3 cm³/mol. The molecule has 4 heteroatoms. The topological polar surface area (TPSA) is 80.3 Å². The van der Waals surface area contributed by atoms with Gasteiger partial charge in [-0.1, -0.05) is 13.8 Å². The number of carboxylic acid groups (broad SMARTS) is 2. The first-order chi connectivity index (χ1) is 4.46. The second-order valence-electron chi connectivity index (χ2n) is 2.36. The number of hydrogen-bond donors (Lipinski definition) is 0. The molecule has 0 aromatic heterocycles. The number of aliphatic carboxylic acids is 2. The lowest BCUT2D eigenvalue weighted by Crippen LogP contribution is -2.45. The molecule has 0 aromatic rings. The van der Waals surface area contributed by atoms with Crippen LogP contribution in [0, 0.1) is 11.8 Å². The highest BCUT2D eigenvalue weighted by molar-refractivity contribution is 5.90. The Labute approximate surface area is 58.5 Å². The van der Waals surface area contributed by atoms with Crippen LogP contribution < -0.4 is 10.2 Å². The van der Waals surface area contributed by atoms with Crippen LogP contribution in [-0.2, 0) is 9.59 Å². The van der Waals surface area contributed by atoms with E-state index in [-0.39, 0.29) is 0 Å². The third kappa shape index (κ3) is 2.05. The van der Waals surface area contributed by atoms with E-state index in [1.165, 1.54) is 13.8 Å². The minimum Gasteiger partial charge on any atom is -0.549 e. The van der Waals surface area contributed by atoms with Crippen LogP contribution in [0.25, 0.3) is 0 Å². The third-order valence-corrected chi connectivity index (χ3v) is 1.17. The summed E-state index contributed by atoms with van der Waals surface area (Å²) in [7, 11) is 0. The Kier molecular flexibility index (Phi) is 2.86. The van der Waals surface area contributed by atoms with Gasteiger partial charge in [0.15, 0.2) is 0 Å². The van der Waals surface area contributed by atoms with E-state index in [0.717, 1.165) is 0 Å². The maximum absolute atomic E-state index is 10.1. The molecule has 0 bridgehead atoms. The van der Waals surface area contributed by atoms with Gasteiger partial charge < -0.3 is 19.8 Å². The first-order valence-electron chi connectivity index (χ1n) is 2.88. The Balaban J connectivity index is 4.27. The van der Waals surface area contributed by atoms with Crippen molar-refractivity contribution in [2.45, 2.75) is 13.8 Å². The number of rotatable bonds is 3. The number of carboxylic acids is 2. The molecular formula is C6H8O4-2. The van der Waals surface area contributed by atoms with E-state index in [1.807, 2.05) is 0 Å². The van der Waals surface area contributed by atoms with Crippen LogP contribution in [0.3, 0.4) is 0 Å². The molecule has 0 unspecified atom stereocenters. The van der Waals surface area contributed by atoms with E-state index in [9.17, 15) is 19.8 Å². The predicted octanol–water partition coefficient (Wildman–Crippen LogP) is -2.24. The van der Waals surface area contributed by atoms with Gasteiger partial charge in [0, 0.05) is 5.92 Å². The van der Waals surface area contributed by atoms with Crippen LogP contribution in [0.5, 0.6) is 0 Å². The van der Waals surface area contributed by atoms with E-state index in [4.69, 9.17) is 0 Å². The van der Waals surface area contributed by atoms with E-state index in [2.05, 4.69) is 0 Å². The highest BCUT2D eigenvalue weighted by Gasteiger charge is 2.14. The highest BCUT2D eigenvalue weighted by atomic mass is 16.4. The molecule has 0 aliphatic carbocycles. The standard InChI is InChI=1S/C6H10O4/c1-3(2)4(5(7)8)6(9)10/h3-4H,1-2H3,(H,7,8)(H,9,10)/p-2. The lowest BCUT2D eigenvalue weighted by Gasteiger charge is -2.22. The second-order valence-corrected chi connectivity index (χ2v) is 2.36. The summed E-state index contributed by atoms with van der Waals surface area (Å²) >= 11 is 0. The molecule has 0 saturated heterocycles. The van der Waals surface area contributed by atoms with Gasteiger partial charge in [0.05, 0.1) is 11.9 Å². The molecule has 0 fully saturated rings. The lowest BCUT2D eigenvalue weighted by molar-refractivity contribution is -0.333. The third-order valence-electron chi connectivity index (χ3n) is 1.17. The van der Waals surface area contributed by atoms with Crippen molar-refractivity contribution in [3.8, 4) is 0 Å². The maximum Gasteiger partial charge on any atom is 0.0504 e. The lowest BCUT2D eigenvalue weighted by atomic mass is 9.97. The van der Waals surface area contributed by atoms with Gasteiger partial charge in [0.25, 0.3) is 0 Å². The fraction of sp³-hybridized carbons (Fsp3) is 0.667. The number of carbonyl (C=O) groups excluding carboxylic acids is 2. The van der Waals surface area contributed by atoms with Gasteiger partial charge in [-0.25, -0.2) is 0 Å². The monoisotopic (exact) mass is 144 g/mol. The average molecular weight is 144 g/mol. The molecule has 0 aliphatic heterocycles. The minimum absolute atomic E-state index is 0.491. The zero-order chi connectivity index (χ0) is 8.31. The van der Waals surface area contributed by atoms with Gasteiger partial charge in [-0.3, -0.25) is 0 Å². The van der Waals surface area contributed by atoms with Gasteiger partial charge in [0.1, 0.15) is 0 Å². The van der Waals surface area contributed by atoms with Crippen LogP contribution in [0.2, 0.25) is 0 Å². The summed E-state index contributed by atoms with van der Waals surface area (Å²) in [6.45, 7) is 2.96. The van der Waals surface area contributed by atoms with Crippen molar-refractivity contribution in [2.75, 3.05) is 0 Å². The average Bonchev–Trinajstić information content (AvgIpc) is 1.59. The van der Waals surface area contributed by atoms with Crippen LogP contribution in [0.1, 0.15) is 13.8 Å². The Bertz CT molecular complexity index is 136. The molecule has 0 rings (SSSR count). The summed E-state index contributed by atoms with van der Waals surface area (Å²) in [6.07, 6.45) is 0. The Hall–Kier alpha value is -1.06. The van der Waals surface area contributed by atoms with Crippen LogP contribution in [0.15, 0.2) is 0 Å². The summed E-state index contributed by atoms with van der Waals surface area (Å²) < 4.78 is 0. The Morgan fingerprint density at radius 3 is 1.40 bits per heavy atom. The molecule has 0 saturated carbocycles. The van der Waals surface area contributed by atoms with Crippen LogP contribution >= 0.6 is 0 Å². The molecule has 0 heterocycles. The van der Waals surface area contributed by atoms with Crippen molar-refractivity contribution in [3.05, 3.63) is 0 Å². The quantitative estimate of drug-likeness (QED) is 0.419. The SMILES string of the molecule is CC(C)C(C(=O)[O-])C(=O)[O-]. The van der Waals surface area contributed by atoms with Crippen molar-refractivity contribution in [1.29, 1.82) is 0 Å². The summed E-state index contributed by atoms with van der Waals surface area (Å²) in [6, 6.07) is 0. The van der Waals surface area contributed by atoms with Gasteiger partial charge in [-0.05, 0) is 5.92 Å².